The van der Waals surface area contributed by atoms with E-state index in [1.165, 1.54) is 19.1 Å². The van der Waals surface area contributed by atoms with Gasteiger partial charge in [-0.05, 0) is 81.8 Å². The van der Waals surface area contributed by atoms with Gasteiger partial charge >= 0.3 is 0 Å². The zero-order valence-corrected chi connectivity index (χ0v) is 25.3. The quantitative estimate of drug-likeness (QED) is 0.0935. The van der Waals surface area contributed by atoms with Crippen molar-refractivity contribution >= 4 is 23.5 Å². The van der Waals surface area contributed by atoms with Gasteiger partial charge < -0.3 is 40.1 Å². The summed E-state index contributed by atoms with van der Waals surface area (Å²) in [6, 6.07) is 14.7. The minimum atomic E-state index is -0.560. The van der Waals surface area contributed by atoms with Crippen LogP contribution in [0.15, 0.2) is 58.5 Å². The lowest BCUT2D eigenvalue weighted by molar-refractivity contribution is -0.0129. The van der Waals surface area contributed by atoms with Crippen LogP contribution in [0.1, 0.15) is 51.2 Å². The van der Waals surface area contributed by atoms with Crippen molar-refractivity contribution in [2.24, 2.45) is 9.98 Å². The molecule has 12 nitrogen and oxygen atoms in total. The Hall–Kier alpha value is -3.12. The molecular weight excluding hydrogens is 560 g/mol. The van der Waals surface area contributed by atoms with E-state index in [2.05, 4.69) is 9.98 Å². The van der Waals surface area contributed by atoms with Crippen molar-refractivity contribution in [3.8, 4) is 0 Å². The van der Waals surface area contributed by atoms with Crippen LogP contribution < -0.4 is 0 Å². The van der Waals surface area contributed by atoms with Crippen LogP contribution in [-0.4, -0.2) is 107 Å². The first-order chi connectivity index (χ1) is 20.7. The second-order valence-corrected chi connectivity index (χ2v) is 9.22. The summed E-state index contributed by atoms with van der Waals surface area (Å²) in [7, 11) is 0. The van der Waals surface area contributed by atoms with E-state index in [4.69, 9.17) is 40.1 Å². The number of carbonyl (C=O) groups excluding carboxylic acids is 2. The Morgan fingerprint density at radius 2 is 1.14 bits per heavy atom. The van der Waals surface area contributed by atoms with Crippen LogP contribution in [0.5, 0.6) is 0 Å². The van der Waals surface area contributed by atoms with E-state index in [-0.39, 0.29) is 38.6 Å². The molecule has 3 unspecified atom stereocenters. The number of aliphatic hydroxyl groups is 6. The molecule has 2 aromatic carbocycles. The van der Waals surface area contributed by atoms with Crippen molar-refractivity contribution in [2.45, 2.75) is 64.8 Å². The zero-order chi connectivity index (χ0) is 32.7. The maximum atomic E-state index is 10.1. The summed E-state index contributed by atoms with van der Waals surface area (Å²) >= 11 is 0. The average Bonchev–Trinajstić information content (AvgIpc) is 2.99. The molecule has 43 heavy (non-hydrogen) atoms. The Morgan fingerprint density at radius 1 is 0.698 bits per heavy atom. The molecule has 0 bridgehead atoms. The fourth-order valence-electron chi connectivity index (χ4n) is 2.72. The predicted octanol–water partition coefficient (Wildman–Crippen LogP) is 2.49. The smallest absolute Gasteiger partial charge is 0.240 e. The van der Waals surface area contributed by atoms with Gasteiger partial charge in [0.2, 0.25) is 12.2 Å². The van der Waals surface area contributed by atoms with Crippen molar-refractivity contribution in [3.63, 3.8) is 0 Å². The van der Waals surface area contributed by atoms with E-state index < -0.39 is 6.10 Å². The van der Waals surface area contributed by atoms with Crippen molar-refractivity contribution in [1.29, 1.82) is 0 Å². The molecule has 0 aromatic heterocycles. The van der Waals surface area contributed by atoms with Crippen LogP contribution in [-0.2, 0) is 25.5 Å². The minimum absolute atomic E-state index is 0.0604. The van der Waals surface area contributed by atoms with Crippen molar-refractivity contribution in [3.05, 3.63) is 59.7 Å². The van der Waals surface area contributed by atoms with Crippen molar-refractivity contribution < 1.29 is 49.7 Å². The normalized spacial score (nSPS) is 11.8. The third-order valence-corrected chi connectivity index (χ3v) is 4.95. The molecule has 0 aliphatic heterocycles. The summed E-state index contributed by atoms with van der Waals surface area (Å²) in [6.07, 6.45) is 4.74. The summed E-state index contributed by atoms with van der Waals surface area (Å²) in [5.74, 6) is 0. The van der Waals surface area contributed by atoms with Gasteiger partial charge in [-0.1, -0.05) is 24.3 Å². The molecule has 0 heterocycles. The molecule has 2 aromatic rings. The van der Waals surface area contributed by atoms with Gasteiger partial charge in [0.25, 0.3) is 0 Å². The van der Waals surface area contributed by atoms with Gasteiger partial charge in [-0.2, -0.15) is 9.98 Å². The Kier molecular flexibility index (Phi) is 29.6. The molecule has 0 amide bonds. The second kappa shape index (κ2) is 30.3. The molecular formula is C31H48N2O10. The highest BCUT2D eigenvalue weighted by molar-refractivity contribution is 5.51. The zero-order valence-electron chi connectivity index (χ0n) is 25.3. The largest absolute Gasteiger partial charge is 0.396 e. The van der Waals surface area contributed by atoms with E-state index in [0.717, 1.165) is 17.5 Å². The van der Waals surface area contributed by atoms with Crippen molar-refractivity contribution in [1.82, 2.24) is 0 Å². The van der Waals surface area contributed by atoms with Gasteiger partial charge in [-0.15, -0.1) is 0 Å². The highest BCUT2D eigenvalue weighted by Crippen LogP contribution is 2.17. The number of nitrogens with zero attached hydrogens (tertiary/aromatic N) is 2. The number of hydrogen-bond acceptors (Lipinski definition) is 12. The molecule has 0 radical (unpaired) electrons. The van der Waals surface area contributed by atoms with Gasteiger partial charge in [0.05, 0.1) is 42.9 Å². The molecule has 242 valence electrons. The first-order valence-electron chi connectivity index (χ1n) is 14.0. The van der Waals surface area contributed by atoms with Gasteiger partial charge in [0.15, 0.2) is 0 Å². The Balaban J connectivity index is 0. The lowest BCUT2D eigenvalue weighted by Gasteiger charge is -2.12. The first-order valence-corrected chi connectivity index (χ1v) is 14.0. The molecule has 3 atom stereocenters. The Labute approximate surface area is 254 Å². The van der Waals surface area contributed by atoms with Gasteiger partial charge in [0, 0.05) is 33.0 Å². The molecule has 0 spiro atoms. The Morgan fingerprint density at radius 3 is 1.47 bits per heavy atom. The fraction of sp³-hybridized carbons (Fsp3) is 0.548. The summed E-state index contributed by atoms with van der Waals surface area (Å²) < 4.78 is 10.5. The number of hydrogen-bond donors (Lipinski definition) is 6. The number of ether oxygens (including phenoxy) is 2. The number of aliphatic hydroxyl groups excluding tert-OH is 6. The number of isocyanates is 2. The molecule has 0 saturated carbocycles. The van der Waals surface area contributed by atoms with Crippen molar-refractivity contribution in [2.75, 3.05) is 46.2 Å². The molecule has 12 heteroatoms. The van der Waals surface area contributed by atoms with Gasteiger partial charge in [-0.25, -0.2) is 9.59 Å². The summed E-state index contributed by atoms with van der Waals surface area (Å²) in [4.78, 5) is 27.3. The van der Waals surface area contributed by atoms with Crippen LogP contribution in [0, 0.1) is 0 Å². The topological polar surface area (TPSA) is 199 Å². The third kappa shape index (κ3) is 28.8. The number of benzene rings is 2. The first kappa shape index (κ1) is 42.0. The molecule has 0 aliphatic carbocycles. The SMILES string of the molecule is CC(COCCCO)OCCCO.CC(O)CCO.CC(O)CO.O=C=Nc1ccc(Cc2ccc(N=C=O)cc2)cc1. The molecule has 0 saturated heterocycles. The minimum Gasteiger partial charge on any atom is -0.396 e. The molecule has 6 N–H and O–H groups in total. The van der Waals surface area contributed by atoms with Crippen LogP contribution in [0.3, 0.4) is 0 Å². The maximum Gasteiger partial charge on any atom is 0.240 e. The van der Waals surface area contributed by atoms with Crippen LogP contribution in [0.2, 0.25) is 0 Å². The van der Waals surface area contributed by atoms with Crippen LogP contribution in [0.4, 0.5) is 11.4 Å². The number of rotatable bonds is 16. The van der Waals surface area contributed by atoms with E-state index in [1.807, 2.05) is 31.2 Å². The van der Waals surface area contributed by atoms with E-state index >= 15 is 0 Å². The van der Waals surface area contributed by atoms with E-state index in [9.17, 15) is 9.59 Å². The van der Waals surface area contributed by atoms with Crippen LogP contribution >= 0.6 is 0 Å². The lowest BCUT2D eigenvalue weighted by atomic mass is 10.0. The molecule has 2 rings (SSSR count). The van der Waals surface area contributed by atoms with E-state index in [1.54, 1.807) is 31.2 Å². The summed E-state index contributed by atoms with van der Waals surface area (Å²) in [5.41, 5.74) is 3.40. The standard InChI is InChI=1S/C15H10N2O2.C9H20O4.C4H10O2.C3H8O2/c18-10-16-14-5-1-12(2-6-14)9-13-3-7-15(8-4-13)17-11-19;1-9(13-7-3-5-11)8-12-6-2-4-10;1-4(6)2-3-5;1-3(5)2-4/h1-8H,9H2;9-11H,2-8H2,1H3;4-6H,2-3H2,1H3;3-5H,2H2,1H3. The molecule has 0 aliphatic rings. The number of aliphatic imine (C=N–C) groups is 2. The van der Waals surface area contributed by atoms with Gasteiger partial charge in [0.1, 0.15) is 0 Å². The average molecular weight is 609 g/mol. The maximum absolute atomic E-state index is 10.1. The monoisotopic (exact) mass is 608 g/mol. The highest BCUT2D eigenvalue weighted by Gasteiger charge is 2.01. The summed E-state index contributed by atoms with van der Waals surface area (Å²) in [6.45, 7) is 7.07. The highest BCUT2D eigenvalue weighted by atomic mass is 16.5. The third-order valence-electron chi connectivity index (χ3n) is 4.95. The summed E-state index contributed by atoms with van der Waals surface area (Å²) in [5, 5.41) is 49.4. The predicted molar refractivity (Wildman–Crippen MR) is 163 cm³/mol. The second-order valence-electron chi connectivity index (χ2n) is 9.22. The van der Waals surface area contributed by atoms with E-state index in [0.29, 0.717) is 50.5 Å². The fourth-order valence-corrected chi connectivity index (χ4v) is 2.72. The lowest BCUT2D eigenvalue weighted by Crippen LogP contribution is -2.17. The van der Waals surface area contributed by atoms with Crippen LogP contribution in [0.25, 0.3) is 0 Å². The Bertz CT molecular complexity index is 929. The van der Waals surface area contributed by atoms with Gasteiger partial charge in [-0.3, -0.25) is 0 Å². The molecule has 0 fully saturated rings.